The second kappa shape index (κ2) is 7.21. The number of ether oxygens (including phenoxy) is 1. The quantitative estimate of drug-likeness (QED) is 0.709. The van der Waals surface area contributed by atoms with Gasteiger partial charge in [-0.25, -0.2) is 9.97 Å². The van der Waals surface area contributed by atoms with E-state index in [-0.39, 0.29) is 11.9 Å². The maximum Gasteiger partial charge on any atom is 0.243 e. The number of benzene rings is 1. The number of hydrogen-bond acceptors (Lipinski definition) is 7. The number of anilines is 3. The fraction of sp³-hybridized carbons (Fsp3) is 0.250. The molecule has 1 amide bonds. The van der Waals surface area contributed by atoms with Gasteiger partial charge in [0.25, 0.3) is 0 Å². The summed E-state index contributed by atoms with van der Waals surface area (Å²) >= 11 is 1.44. The second-order valence-electron chi connectivity index (χ2n) is 6.70. The maximum absolute atomic E-state index is 12.1. The van der Waals surface area contributed by atoms with E-state index in [1.54, 1.807) is 6.20 Å². The first-order valence-corrected chi connectivity index (χ1v) is 10.1. The minimum absolute atomic E-state index is 0.0168. The zero-order valence-electron chi connectivity index (χ0n) is 15.1. The van der Waals surface area contributed by atoms with Gasteiger partial charge in [-0.1, -0.05) is 12.1 Å². The lowest BCUT2D eigenvalue weighted by Gasteiger charge is -2.30. The number of nitrogens with zero attached hydrogens (tertiary/aromatic N) is 3. The third-order valence-corrected chi connectivity index (χ3v) is 5.66. The average Bonchev–Trinajstić information content (AvgIpc) is 3.15. The number of carbonyl (C=O) groups excluding carboxylic acids is 1. The van der Waals surface area contributed by atoms with Crippen LogP contribution in [0.4, 0.5) is 16.6 Å². The molecule has 0 bridgehead atoms. The van der Waals surface area contributed by atoms with Gasteiger partial charge in [-0.2, -0.15) is 0 Å². The molecule has 1 fully saturated rings. The molecule has 4 heterocycles. The SMILES string of the molecule is O=C(Nc1nc(-c2cccc(N3CCOc4cccnc43)c2)cs1)[C@@H]1CCN1. The zero-order chi connectivity index (χ0) is 18.9. The van der Waals surface area contributed by atoms with Gasteiger partial charge < -0.3 is 20.3 Å². The number of pyridine rings is 1. The number of rotatable bonds is 4. The molecule has 2 aliphatic rings. The van der Waals surface area contributed by atoms with Gasteiger partial charge in [-0.05, 0) is 37.2 Å². The molecule has 0 radical (unpaired) electrons. The van der Waals surface area contributed by atoms with E-state index in [0.29, 0.717) is 11.7 Å². The summed E-state index contributed by atoms with van der Waals surface area (Å²) in [7, 11) is 0. The lowest BCUT2D eigenvalue weighted by molar-refractivity contribution is -0.119. The smallest absolute Gasteiger partial charge is 0.243 e. The highest BCUT2D eigenvalue weighted by atomic mass is 32.1. The number of thiazole rings is 1. The summed E-state index contributed by atoms with van der Waals surface area (Å²) in [6, 6.07) is 11.9. The Morgan fingerprint density at radius 1 is 1.32 bits per heavy atom. The molecule has 0 unspecified atom stereocenters. The third-order valence-electron chi connectivity index (χ3n) is 4.91. The molecular weight excluding hydrogens is 374 g/mol. The molecule has 2 aliphatic heterocycles. The molecule has 2 aromatic heterocycles. The summed E-state index contributed by atoms with van der Waals surface area (Å²) < 4.78 is 5.70. The predicted molar refractivity (Wildman–Crippen MR) is 109 cm³/mol. The number of fused-ring (bicyclic) bond motifs is 1. The predicted octanol–water partition coefficient (Wildman–Crippen LogP) is 3.04. The summed E-state index contributed by atoms with van der Waals surface area (Å²) in [6.07, 6.45) is 2.65. The lowest BCUT2D eigenvalue weighted by atomic mass is 10.1. The molecule has 3 aromatic rings. The summed E-state index contributed by atoms with van der Waals surface area (Å²) in [5.41, 5.74) is 2.89. The lowest BCUT2D eigenvalue weighted by Crippen LogP contribution is -2.50. The molecule has 2 N–H and O–H groups in total. The van der Waals surface area contributed by atoms with E-state index in [0.717, 1.165) is 48.0 Å². The number of amides is 1. The molecule has 5 rings (SSSR count). The van der Waals surface area contributed by atoms with Crippen molar-refractivity contribution in [2.24, 2.45) is 0 Å². The van der Waals surface area contributed by atoms with Gasteiger partial charge >= 0.3 is 0 Å². The molecule has 1 aromatic carbocycles. The third kappa shape index (κ3) is 3.21. The van der Waals surface area contributed by atoms with Gasteiger partial charge in [0.15, 0.2) is 16.7 Å². The topological polar surface area (TPSA) is 79.4 Å². The fourth-order valence-electron chi connectivity index (χ4n) is 3.30. The Kier molecular flexibility index (Phi) is 4.42. The van der Waals surface area contributed by atoms with Crippen molar-refractivity contribution < 1.29 is 9.53 Å². The molecule has 0 saturated carbocycles. The van der Waals surface area contributed by atoms with Crippen LogP contribution in [-0.4, -0.2) is 41.6 Å². The van der Waals surface area contributed by atoms with Crippen LogP contribution in [-0.2, 0) is 4.79 Å². The minimum atomic E-state index is -0.0930. The highest BCUT2D eigenvalue weighted by Gasteiger charge is 2.25. The van der Waals surface area contributed by atoms with E-state index in [1.807, 2.05) is 29.6 Å². The number of hydrogen-bond donors (Lipinski definition) is 2. The molecule has 28 heavy (non-hydrogen) atoms. The summed E-state index contributed by atoms with van der Waals surface area (Å²) in [5, 5.41) is 8.58. The van der Waals surface area contributed by atoms with Gasteiger partial charge in [-0.3, -0.25) is 4.79 Å². The molecule has 1 saturated heterocycles. The molecular formula is C20H19N5O2S. The Morgan fingerprint density at radius 2 is 2.25 bits per heavy atom. The van der Waals surface area contributed by atoms with Crippen LogP contribution in [0.5, 0.6) is 5.75 Å². The molecule has 0 aliphatic carbocycles. The van der Waals surface area contributed by atoms with Crippen molar-refractivity contribution in [1.82, 2.24) is 15.3 Å². The summed E-state index contributed by atoms with van der Waals surface area (Å²) in [4.78, 5) is 23.3. The van der Waals surface area contributed by atoms with Crippen molar-refractivity contribution in [3.63, 3.8) is 0 Å². The first-order chi connectivity index (χ1) is 13.8. The number of nitrogens with one attached hydrogen (secondary N) is 2. The standard InChI is InChI=1S/C20H19N5O2S/c26-19(15-6-8-21-15)24-20-23-16(12-28-20)13-3-1-4-14(11-13)25-9-10-27-17-5-2-7-22-18(17)25/h1-5,7,11-12,15,21H,6,8-10H2,(H,23,24,26)/t15-/m0/s1. The van der Waals surface area contributed by atoms with Gasteiger partial charge in [0.05, 0.1) is 18.3 Å². The first kappa shape index (κ1) is 17.2. The molecule has 142 valence electrons. The van der Waals surface area contributed by atoms with Crippen LogP contribution in [0.3, 0.4) is 0 Å². The van der Waals surface area contributed by atoms with Gasteiger partial charge in [0.2, 0.25) is 5.91 Å². The van der Waals surface area contributed by atoms with Crippen molar-refractivity contribution >= 4 is 33.9 Å². The van der Waals surface area contributed by atoms with Crippen LogP contribution in [0, 0.1) is 0 Å². The molecule has 7 nitrogen and oxygen atoms in total. The summed E-state index contributed by atoms with van der Waals surface area (Å²) in [5.74, 6) is 1.60. The van der Waals surface area contributed by atoms with E-state index in [4.69, 9.17) is 4.74 Å². The van der Waals surface area contributed by atoms with Gasteiger partial charge in [0.1, 0.15) is 6.61 Å². The average molecular weight is 393 g/mol. The van der Waals surface area contributed by atoms with Crippen molar-refractivity contribution in [3.05, 3.63) is 48.0 Å². The van der Waals surface area contributed by atoms with Crippen molar-refractivity contribution in [2.45, 2.75) is 12.5 Å². The Morgan fingerprint density at radius 3 is 3.11 bits per heavy atom. The Bertz CT molecular complexity index is 1020. The van der Waals surface area contributed by atoms with Crippen LogP contribution in [0.15, 0.2) is 48.0 Å². The summed E-state index contributed by atoms with van der Waals surface area (Å²) in [6.45, 7) is 2.25. The maximum atomic E-state index is 12.1. The van der Waals surface area contributed by atoms with E-state index in [2.05, 4.69) is 37.6 Å². The molecule has 1 atom stereocenters. The van der Waals surface area contributed by atoms with E-state index < -0.39 is 0 Å². The van der Waals surface area contributed by atoms with Gasteiger partial charge in [-0.15, -0.1) is 11.3 Å². The van der Waals surface area contributed by atoms with Crippen LogP contribution >= 0.6 is 11.3 Å². The number of aromatic nitrogens is 2. The normalized spacial score (nSPS) is 18.0. The van der Waals surface area contributed by atoms with E-state index in [9.17, 15) is 4.79 Å². The Labute approximate surface area is 166 Å². The Balaban J connectivity index is 1.39. The van der Waals surface area contributed by atoms with E-state index >= 15 is 0 Å². The highest BCUT2D eigenvalue weighted by Crippen LogP contribution is 2.36. The van der Waals surface area contributed by atoms with Crippen LogP contribution in [0.1, 0.15) is 6.42 Å². The largest absolute Gasteiger partial charge is 0.488 e. The number of carbonyl (C=O) groups is 1. The van der Waals surface area contributed by atoms with Crippen molar-refractivity contribution in [2.75, 3.05) is 29.9 Å². The monoisotopic (exact) mass is 393 g/mol. The van der Waals surface area contributed by atoms with Crippen LogP contribution < -0.4 is 20.3 Å². The van der Waals surface area contributed by atoms with Crippen molar-refractivity contribution in [1.29, 1.82) is 0 Å². The van der Waals surface area contributed by atoms with E-state index in [1.165, 1.54) is 11.3 Å². The first-order valence-electron chi connectivity index (χ1n) is 9.23. The highest BCUT2D eigenvalue weighted by molar-refractivity contribution is 7.14. The van der Waals surface area contributed by atoms with Crippen LogP contribution in [0.25, 0.3) is 11.3 Å². The van der Waals surface area contributed by atoms with Gasteiger partial charge in [0, 0.05) is 22.8 Å². The van der Waals surface area contributed by atoms with Crippen molar-refractivity contribution in [3.8, 4) is 17.0 Å². The fourth-order valence-corrected chi connectivity index (χ4v) is 4.03. The minimum Gasteiger partial charge on any atom is -0.488 e. The zero-order valence-corrected chi connectivity index (χ0v) is 15.9. The second-order valence-corrected chi connectivity index (χ2v) is 7.56. The Hall–Kier alpha value is -2.97. The molecule has 0 spiro atoms. The van der Waals surface area contributed by atoms with Crippen LogP contribution in [0.2, 0.25) is 0 Å². The molecule has 8 heteroatoms.